The van der Waals surface area contributed by atoms with Gasteiger partial charge in [-0.05, 0) is 23.8 Å². The van der Waals surface area contributed by atoms with Gasteiger partial charge in [-0.3, -0.25) is 0 Å². The molecule has 3 aromatic rings. The first kappa shape index (κ1) is 17.4. The van der Waals surface area contributed by atoms with E-state index < -0.39 is 0 Å². The molecule has 132 valence electrons. The minimum absolute atomic E-state index is 0.244. The molecule has 0 aliphatic heterocycles. The molecule has 1 heterocycles. The number of hydrogen-bond acceptors (Lipinski definition) is 6. The van der Waals surface area contributed by atoms with Crippen LogP contribution in [0.4, 0.5) is 5.88 Å². The number of nitriles is 1. The van der Waals surface area contributed by atoms with Gasteiger partial charge in [-0.2, -0.15) is 10.2 Å². The summed E-state index contributed by atoms with van der Waals surface area (Å²) in [4.78, 5) is 6.19. The molecule has 0 bridgehead atoms. The molecule has 0 atom stereocenters. The van der Waals surface area contributed by atoms with Crippen LogP contribution in [-0.2, 0) is 6.54 Å². The van der Waals surface area contributed by atoms with E-state index in [1.54, 1.807) is 26.4 Å². The molecular formula is C20H19N3O3. The summed E-state index contributed by atoms with van der Waals surface area (Å²) in [6.45, 7) is 0.607. The van der Waals surface area contributed by atoms with E-state index in [1.807, 2.05) is 48.3 Å². The number of aromatic nitrogens is 1. The van der Waals surface area contributed by atoms with Crippen molar-refractivity contribution in [3.8, 4) is 29.0 Å². The third-order valence-corrected chi connectivity index (χ3v) is 3.95. The molecule has 0 radical (unpaired) electrons. The highest BCUT2D eigenvalue weighted by molar-refractivity contribution is 5.63. The van der Waals surface area contributed by atoms with Gasteiger partial charge in [-0.1, -0.05) is 30.3 Å². The second kappa shape index (κ2) is 7.62. The van der Waals surface area contributed by atoms with Crippen molar-refractivity contribution in [1.29, 1.82) is 5.26 Å². The maximum absolute atomic E-state index is 9.43. The van der Waals surface area contributed by atoms with E-state index in [0.29, 0.717) is 35.4 Å². The lowest BCUT2D eigenvalue weighted by Gasteiger charge is -2.15. The molecule has 0 aliphatic rings. The normalized spacial score (nSPS) is 10.2. The molecule has 0 saturated carbocycles. The average Bonchev–Trinajstić information content (AvgIpc) is 3.13. The van der Waals surface area contributed by atoms with Crippen molar-refractivity contribution < 1.29 is 13.9 Å². The molecule has 6 heteroatoms. The molecule has 0 amide bonds. The molecule has 0 spiro atoms. The SMILES string of the molecule is COc1ccc(-c2nc(C#N)c(N(C)Cc3ccccc3)o2)cc1OC. The molecule has 0 saturated heterocycles. The Morgan fingerprint density at radius 2 is 1.81 bits per heavy atom. The number of rotatable bonds is 6. The molecule has 0 N–H and O–H groups in total. The van der Waals surface area contributed by atoms with E-state index in [1.165, 1.54) is 0 Å². The Labute approximate surface area is 152 Å². The standard InChI is InChI=1S/C20H19N3O3/c1-23(13-14-7-5-4-6-8-14)20-16(12-21)22-19(26-20)15-9-10-17(24-2)18(11-15)25-3/h4-11H,13H2,1-3H3. The van der Waals surface area contributed by atoms with Crippen LogP contribution in [0.15, 0.2) is 52.9 Å². The van der Waals surface area contributed by atoms with Crippen LogP contribution in [0.5, 0.6) is 11.5 Å². The van der Waals surface area contributed by atoms with Crippen molar-refractivity contribution in [3.05, 3.63) is 59.8 Å². The van der Waals surface area contributed by atoms with Crippen LogP contribution in [0.1, 0.15) is 11.3 Å². The van der Waals surface area contributed by atoms with Crippen LogP contribution in [-0.4, -0.2) is 26.3 Å². The molecule has 0 aliphatic carbocycles. The molecule has 0 unspecified atom stereocenters. The Kier molecular flexibility index (Phi) is 5.09. The molecule has 1 aromatic heterocycles. The van der Waals surface area contributed by atoms with Crippen LogP contribution >= 0.6 is 0 Å². The average molecular weight is 349 g/mol. The maximum atomic E-state index is 9.43. The Balaban J connectivity index is 1.93. The minimum Gasteiger partial charge on any atom is -0.493 e. The summed E-state index contributed by atoms with van der Waals surface area (Å²) in [5.74, 6) is 1.98. The second-order valence-corrected chi connectivity index (χ2v) is 5.70. The van der Waals surface area contributed by atoms with Gasteiger partial charge in [-0.25, -0.2) is 0 Å². The predicted molar refractivity (Wildman–Crippen MR) is 98.3 cm³/mol. The van der Waals surface area contributed by atoms with Crippen molar-refractivity contribution in [3.63, 3.8) is 0 Å². The first-order chi connectivity index (χ1) is 12.7. The van der Waals surface area contributed by atoms with E-state index in [-0.39, 0.29) is 5.69 Å². The Hall–Kier alpha value is -3.46. The Morgan fingerprint density at radius 1 is 1.08 bits per heavy atom. The Morgan fingerprint density at radius 3 is 2.46 bits per heavy atom. The third-order valence-electron chi connectivity index (χ3n) is 3.95. The highest BCUT2D eigenvalue weighted by Crippen LogP contribution is 2.34. The third kappa shape index (κ3) is 3.47. The van der Waals surface area contributed by atoms with Gasteiger partial charge in [0.1, 0.15) is 6.07 Å². The number of ether oxygens (including phenoxy) is 2. The van der Waals surface area contributed by atoms with Gasteiger partial charge in [0.25, 0.3) is 0 Å². The van der Waals surface area contributed by atoms with E-state index in [4.69, 9.17) is 13.9 Å². The van der Waals surface area contributed by atoms with Gasteiger partial charge in [0.2, 0.25) is 17.5 Å². The van der Waals surface area contributed by atoms with Gasteiger partial charge in [0, 0.05) is 19.2 Å². The highest BCUT2D eigenvalue weighted by atomic mass is 16.5. The largest absolute Gasteiger partial charge is 0.493 e. The maximum Gasteiger partial charge on any atom is 0.235 e. The van der Waals surface area contributed by atoms with Gasteiger partial charge in [0.15, 0.2) is 11.5 Å². The van der Waals surface area contributed by atoms with Crippen LogP contribution < -0.4 is 14.4 Å². The van der Waals surface area contributed by atoms with E-state index in [2.05, 4.69) is 11.1 Å². The van der Waals surface area contributed by atoms with Crippen molar-refractivity contribution >= 4 is 5.88 Å². The summed E-state index contributed by atoms with van der Waals surface area (Å²) in [6.07, 6.45) is 0. The second-order valence-electron chi connectivity index (χ2n) is 5.70. The predicted octanol–water partition coefficient (Wildman–Crippen LogP) is 3.87. The number of oxazole rings is 1. The van der Waals surface area contributed by atoms with Crippen LogP contribution in [0, 0.1) is 11.3 Å². The minimum atomic E-state index is 0.244. The molecular weight excluding hydrogens is 330 g/mol. The highest BCUT2D eigenvalue weighted by Gasteiger charge is 2.19. The fourth-order valence-corrected chi connectivity index (χ4v) is 2.67. The summed E-state index contributed by atoms with van der Waals surface area (Å²) in [7, 11) is 5.01. The molecule has 3 rings (SSSR count). The van der Waals surface area contributed by atoms with Crippen molar-refractivity contribution in [2.24, 2.45) is 0 Å². The number of nitrogens with zero attached hydrogens (tertiary/aromatic N) is 3. The van der Waals surface area contributed by atoms with Gasteiger partial charge >= 0.3 is 0 Å². The fraction of sp³-hybridized carbons (Fsp3) is 0.200. The van der Waals surface area contributed by atoms with Crippen molar-refractivity contribution in [2.45, 2.75) is 6.54 Å². The van der Waals surface area contributed by atoms with E-state index in [0.717, 1.165) is 5.56 Å². The van der Waals surface area contributed by atoms with Crippen LogP contribution in [0.3, 0.4) is 0 Å². The number of methoxy groups -OCH3 is 2. The fourth-order valence-electron chi connectivity index (χ4n) is 2.67. The molecule has 2 aromatic carbocycles. The summed E-state index contributed by atoms with van der Waals surface area (Å²) < 4.78 is 16.5. The van der Waals surface area contributed by atoms with Gasteiger partial charge in [0.05, 0.1) is 14.2 Å². The number of anilines is 1. The quantitative estimate of drug-likeness (QED) is 0.673. The summed E-state index contributed by atoms with van der Waals surface area (Å²) in [6, 6.07) is 17.4. The molecule has 0 fully saturated rings. The van der Waals surface area contributed by atoms with Gasteiger partial charge < -0.3 is 18.8 Å². The monoisotopic (exact) mass is 349 g/mol. The molecule has 6 nitrogen and oxygen atoms in total. The zero-order chi connectivity index (χ0) is 18.5. The zero-order valence-electron chi connectivity index (χ0n) is 14.9. The van der Waals surface area contributed by atoms with Crippen LogP contribution in [0.2, 0.25) is 0 Å². The zero-order valence-corrected chi connectivity index (χ0v) is 14.9. The topological polar surface area (TPSA) is 71.5 Å². The van der Waals surface area contributed by atoms with E-state index in [9.17, 15) is 5.26 Å². The smallest absolute Gasteiger partial charge is 0.235 e. The molecule has 26 heavy (non-hydrogen) atoms. The number of hydrogen-bond donors (Lipinski definition) is 0. The van der Waals surface area contributed by atoms with E-state index >= 15 is 0 Å². The van der Waals surface area contributed by atoms with Gasteiger partial charge in [-0.15, -0.1) is 0 Å². The lowest BCUT2D eigenvalue weighted by atomic mass is 10.2. The van der Waals surface area contributed by atoms with Crippen molar-refractivity contribution in [1.82, 2.24) is 4.98 Å². The first-order valence-corrected chi connectivity index (χ1v) is 8.04. The summed E-state index contributed by atoms with van der Waals surface area (Å²) >= 11 is 0. The lowest BCUT2D eigenvalue weighted by molar-refractivity contribution is 0.355. The van der Waals surface area contributed by atoms with Crippen LogP contribution in [0.25, 0.3) is 11.5 Å². The Bertz CT molecular complexity index is 929. The first-order valence-electron chi connectivity index (χ1n) is 8.04. The van der Waals surface area contributed by atoms with Crippen molar-refractivity contribution in [2.75, 3.05) is 26.2 Å². The lowest BCUT2D eigenvalue weighted by Crippen LogP contribution is -2.16. The summed E-state index contributed by atoms with van der Waals surface area (Å²) in [5, 5.41) is 9.43. The summed E-state index contributed by atoms with van der Waals surface area (Å²) in [5.41, 5.74) is 2.06. The number of benzene rings is 2.